The summed E-state index contributed by atoms with van der Waals surface area (Å²) in [6.45, 7) is 3.37. The van der Waals surface area contributed by atoms with Crippen LogP contribution in [0.4, 0.5) is 8.78 Å². The number of alkyl halides is 1. The molecule has 3 rings (SSSR count). The second-order valence-electron chi connectivity index (χ2n) is 9.16. The average Bonchev–Trinajstić information content (AvgIpc) is 3.08. The van der Waals surface area contributed by atoms with Crippen LogP contribution in [0.1, 0.15) is 45.1 Å². The van der Waals surface area contributed by atoms with Crippen molar-refractivity contribution in [3.8, 4) is 11.8 Å². The first-order chi connectivity index (χ1) is 15.9. The smallest absolute Gasteiger partial charge is 0.306 e. The lowest BCUT2D eigenvalue weighted by Crippen LogP contribution is -2.39. The highest BCUT2D eigenvalue weighted by atomic mass is 35.5. The van der Waals surface area contributed by atoms with Crippen LogP contribution >= 0.6 is 11.6 Å². The number of benzene rings is 1. The van der Waals surface area contributed by atoms with Crippen LogP contribution in [0.15, 0.2) is 29.6 Å². The number of rotatable bonds is 6. The zero-order valence-electron chi connectivity index (χ0n) is 19.0. The third-order valence-corrected chi connectivity index (χ3v) is 6.20. The predicted molar refractivity (Wildman–Crippen MR) is 122 cm³/mol. The van der Waals surface area contributed by atoms with Gasteiger partial charge in [0.1, 0.15) is 17.0 Å². The second kappa shape index (κ2) is 10.6. The minimum Gasteiger partial charge on any atom is -0.481 e. The average molecular weight is 496 g/mol. The number of aliphatic hydroxyl groups is 1. The van der Waals surface area contributed by atoms with E-state index in [9.17, 15) is 23.5 Å². The third-order valence-electron chi connectivity index (χ3n) is 5.85. The van der Waals surface area contributed by atoms with Gasteiger partial charge < -0.3 is 25.7 Å². The number of hydrogen-bond donors (Lipinski definition) is 4. The molecule has 1 unspecified atom stereocenters. The van der Waals surface area contributed by atoms with Crippen LogP contribution in [0, 0.1) is 35.3 Å². The Morgan fingerprint density at radius 3 is 2.50 bits per heavy atom. The van der Waals surface area contributed by atoms with Crippen LogP contribution in [0.2, 0.25) is 0 Å². The number of nitrogens with zero attached hydrogens (tertiary/aromatic N) is 1. The fourth-order valence-corrected chi connectivity index (χ4v) is 4.28. The van der Waals surface area contributed by atoms with E-state index in [1.165, 1.54) is 24.8 Å². The van der Waals surface area contributed by atoms with Gasteiger partial charge in [0.2, 0.25) is 0 Å². The molecule has 1 atom stereocenters. The lowest BCUT2D eigenvalue weighted by molar-refractivity contribution is -0.143. The zero-order valence-corrected chi connectivity index (χ0v) is 19.8. The summed E-state index contributed by atoms with van der Waals surface area (Å²) in [6, 6.07) is 3.44. The fraction of sp³-hybridized carbons (Fsp3) is 0.500. The Labute approximate surface area is 202 Å². The van der Waals surface area contributed by atoms with Gasteiger partial charge in [-0.2, -0.15) is 0 Å². The van der Waals surface area contributed by atoms with Gasteiger partial charge >= 0.3 is 5.97 Å². The van der Waals surface area contributed by atoms with Gasteiger partial charge in [-0.3, -0.25) is 9.59 Å². The van der Waals surface area contributed by atoms with Gasteiger partial charge in [0.05, 0.1) is 5.92 Å². The number of carboxylic acid groups (broad SMARTS) is 1. The maximum Gasteiger partial charge on any atom is 0.306 e. The van der Waals surface area contributed by atoms with Gasteiger partial charge in [0.25, 0.3) is 5.91 Å². The van der Waals surface area contributed by atoms with Gasteiger partial charge in [-0.1, -0.05) is 23.6 Å². The number of nitrogens with one attached hydrogen (secondary N) is 2. The van der Waals surface area contributed by atoms with Crippen molar-refractivity contribution in [3.63, 3.8) is 0 Å². The van der Waals surface area contributed by atoms with Crippen molar-refractivity contribution in [2.24, 2.45) is 11.8 Å². The lowest BCUT2D eigenvalue weighted by Gasteiger charge is -2.27. The molecule has 1 fully saturated rings. The Kier molecular flexibility index (Phi) is 8.05. The molecule has 1 aliphatic heterocycles. The summed E-state index contributed by atoms with van der Waals surface area (Å²) in [5.74, 6) is 1.96. The summed E-state index contributed by atoms with van der Waals surface area (Å²) >= 11 is 6.42. The standard InChI is InChI=1S/C24H28ClF2N3O4/c1-24(2,34)10-9-19-20(21(31)28-12-14-3-6-16(7-4-14)22(32)33)30(23(25)29-19)13-15-5-8-17(26)18(27)11-15/h5,8,11,14,16,23,29,34H,3-4,6-7,12-13H2,1-2H3,(H,28,31)(H,32,33). The third kappa shape index (κ3) is 6.61. The summed E-state index contributed by atoms with van der Waals surface area (Å²) in [5.41, 5.74) is -1.46. The van der Waals surface area contributed by atoms with E-state index in [-0.39, 0.29) is 29.8 Å². The maximum absolute atomic E-state index is 13.7. The number of carbonyl (C=O) groups excluding carboxylic acids is 1. The van der Waals surface area contributed by atoms with E-state index in [0.717, 1.165) is 12.1 Å². The normalized spacial score (nSPS) is 22.6. The molecule has 10 heteroatoms. The van der Waals surface area contributed by atoms with Crippen molar-refractivity contribution in [2.45, 2.75) is 57.3 Å². The van der Waals surface area contributed by atoms with Gasteiger partial charge in [-0.15, -0.1) is 0 Å². The molecule has 34 heavy (non-hydrogen) atoms. The Morgan fingerprint density at radius 1 is 1.24 bits per heavy atom. The van der Waals surface area contributed by atoms with Crippen molar-refractivity contribution in [1.82, 2.24) is 15.5 Å². The van der Waals surface area contributed by atoms with Crippen LogP contribution in [0.3, 0.4) is 0 Å². The highest BCUT2D eigenvalue weighted by Crippen LogP contribution is 2.29. The molecule has 2 aliphatic rings. The fourth-order valence-electron chi connectivity index (χ4n) is 4.01. The number of allylic oxidation sites excluding steroid dienone is 1. The quantitative estimate of drug-likeness (QED) is 0.275. The molecule has 4 N–H and O–H groups in total. The molecular weight excluding hydrogens is 468 g/mol. The molecule has 1 amide bonds. The first kappa shape index (κ1) is 25.8. The maximum atomic E-state index is 13.7. The van der Waals surface area contributed by atoms with Gasteiger partial charge in [0.15, 0.2) is 17.3 Å². The summed E-state index contributed by atoms with van der Waals surface area (Å²) in [4.78, 5) is 25.8. The van der Waals surface area contributed by atoms with Gasteiger partial charge in [-0.25, -0.2) is 8.78 Å². The molecule has 184 valence electrons. The van der Waals surface area contributed by atoms with Crippen molar-refractivity contribution < 1.29 is 28.6 Å². The number of amides is 1. The minimum absolute atomic E-state index is 0.0124. The molecule has 0 aromatic heterocycles. The first-order valence-corrected chi connectivity index (χ1v) is 11.5. The second-order valence-corrected chi connectivity index (χ2v) is 9.57. The molecule has 1 heterocycles. The van der Waals surface area contributed by atoms with Crippen LogP contribution in [0.5, 0.6) is 0 Å². The van der Waals surface area contributed by atoms with Gasteiger partial charge in [0, 0.05) is 13.1 Å². The van der Waals surface area contributed by atoms with Crippen molar-refractivity contribution in [3.05, 3.63) is 46.8 Å². The van der Waals surface area contributed by atoms with E-state index < -0.39 is 34.7 Å². The zero-order chi connectivity index (χ0) is 25.0. The van der Waals surface area contributed by atoms with E-state index in [4.69, 9.17) is 16.7 Å². The highest BCUT2D eigenvalue weighted by molar-refractivity contribution is 6.21. The Balaban J connectivity index is 1.79. The van der Waals surface area contributed by atoms with Crippen molar-refractivity contribution >= 4 is 23.5 Å². The predicted octanol–water partition coefficient (Wildman–Crippen LogP) is 2.89. The molecule has 1 aromatic rings. The Bertz CT molecular complexity index is 1040. The number of hydrogen-bond acceptors (Lipinski definition) is 5. The molecule has 7 nitrogen and oxygen atoms in total. The van der Waals surface area contributed by atoms with Crippen LogP contribution in [-0.4, -0.2) is 44.8 Å². The van der Waals surface area contributed by atoms with Crippen LogP contribution in [0.25, 0.3) is 0 Å². The molecule has 1 aromatic carbocycles. The minimum atomic E-state index is -1.31. The molecule has 1 aliphatic carbocycles. The molecule has 0 saturated heterocycles. The van der Waals surface area contributed by atoms with E-state index in [0.29, 0.717) is 37.8 Å². The first-order valence-electron chi connectivity index (χ1n) is 11.1. The Hall–Kier alpha value is -2.83. The van der Waals surface area contributed by atoms with Gasteiger partial charge in [-0.05, 0) is 69.1 Å². The van der Waals surface area contributed by atoms with E-state index in [1.54, 1.807) is 0 Å². The summed E-state index contributed by atoms with van der Waals surface area (Å²) < 4.78 is 27.1. The lowest BCUT2D eigenvalue weighted by atomic mass is 9.82. The highest BCUT2D eigenvalue weighted by Gasteiger charge is 2.35. The Morgan fingerprint density at radius 2 is 1.91 bits per heavy atom. The van der Waals surface area contributed by atoms with E-state index in [2.05, 4.69) is 22.5 Å². The van der Waals surface area contributed by atoms with Crippen molar-refractivity contribution in [2.75, 3.05) is 6.54 Å². The monoisotopic (exact) mass is 495 g/mol. The van der Waals surface area contributed by atoms with E-state index >= 15 is 0 Å². The molecular formula is C24H28ClF2N3O4. The van der Waals surface area contributed by atoms with E-state index in [1.807, 2.05) is 0 Å². The summed E-state index contributed by atoms with van der Waals surface area (Å²) in [7, 11) is 0. The summed E-state index contributed by atoms with van der Waals surface area (Å²) in [6.07, 6.45) is 2.51. The number of halogens is 3. The number of carbonyl (C=O) groups is 2. The number of carboxylic acids is 1. The molecule has 1 saturated carbocycles. The topological polar surface area (TPSA) is 102 Å². The van der Waals surface area contributed by atoms with Crippen LogP contribution in [-0.2, 0) is 16.1 Å². The van der Waals surface area contributed by atoms with Crippen molar-refractivity contribution in [1.29, 1.82) is 0 Å². The van der Waals surface area contributed by atoms with Crippen LogP contribution < -0.4 is 10.6 Å². The number of aliphatic carboxylic acids is 1. The largest absolute Gasteiger partial charge is 0.481 e. The molecule has 0 radical (unpaired) electrons. The molecule has 0 bridgehead atoms. The summed E-state index contributed by atoms with van der Waals surface area (Å²) in [5, 5.41) is 24.9. The molecule has 0 spiro atoms. The SMILES string of the molecule is CC(C)(O)C#CC1=C(C(=O)NCC2CCC(C(=O)O)CC2)N(Cc2ccc(F)c(F)c2)C(Cl)N1.